The Morgan fingerprint density at radius 2 is 1.47 bits per heavy atom. The maximum absolute atomic E-state index is 10.9. The molecule has 0 amide bonds. The molecule has 0 aromatic heterocycles. The van der Waals surface area contributed by atoms with Gasteiger partial charge in [-0.15, -0.1) is 0 Å². The van der Waals surface area contributed by atoms with Crippen LogP contribution in [0.25, 0.3) is 0 Å². The van der Waals surface area contributed by atoms with Crippen molar-refractivity contribution < 1.29 is 14.3 Å². The van der Waals surface area contributed by atoms with Gasteiger partial charge < -0.3 is 9.47 Å². The van der Waals surface area contributed by atoms with E-state index in [0.717, 1.165) is 11.1 Å². The van der Waals surface area contributed by atoms with Crippen molar-refractivity contribution in [3.63, 3.8) is 0 Å². The zero-order chi connectivity index (χ0) is 13.5. The van der Waals surface area contributed by atoms with E-state index in [4.69, 9.17) is 4.74 Å². The van der Waals surface area contributed by atoms with Gasteiger partial charge in [-0.1, -0.05) is 30.0 Å². The number of hydrogen-bond acceptors (Lipinski definition) is 3. The Hall–Kier alpha value is -2.73. The van der Waals surface area contributed by atoms with E-state index >= 15 is 0 Å². The van der Waals surface area contributed by atoms with Crippen molar-refractivity contribution >= 4 is 6.16 Å². The van der Waals surface area contributed by atoms with Crippen LogP contribution in [0.2, 0.25) is 0 Å². The lowest BCUT2D eigenvalue weighted by Crippen LogP contribution is -2.06. The summed E-state index contributed by atoms with van der Waals surface area (Å²) in [6.45, 7) is 0. The van der Waals surface area contributed by atoms with E-state index in [9.17, 15) is 4.79 Å². The van der Waals surface area contributed by atoms with Gasteiger partial charge in [-0.25, -0.2) is 4.79 Å². The second-order valence-electron chi connectivity index (χ2n) is 3.70. The van der Waals surface area contributed by atoms with Crippen molar-refractivity contribution in [1.29, 1.82) is 0 Å². The van der Waals surface area contributed by atoms with Gasteiger partial charge in [0.15, 0.2) is 0 Å². The maximum Gasteiger partial charge on any atom is 0.513 e. The van der Waals surface area contributed by atoms with Crippen LogP contribution in [0.1, 0.15) is 11.1 Å². The molecule has 3 nitrogen and oxygen atoms in total. The van der Waals surface area contributed by atoms with Gasteiger partial charge in [0.2, 0.25) is 0 Å². The van der Waals surface area contributed by atoms with Crippen LogP contribution in [0.5, 0.6) is 5.75 Å². The maximum atomic E-state index is 10.9. The minimum Gasteiger partial charge on any atom is -0.437 e. The summed E-state index contributed by atoms with van der Waals surface area (Å²) in [5.41, 5.74) is 1.80. The number of ether oxygens (including phenoxy) is 2. The Kier molecular flexibility index (Phi) is 4.20. The Labute approximate surface area is 111 Å². The topological polar surface area (TPSA) is 35.5 Å². The molecule has 0 unspecified atom stereocenters. The molecule has 0 spiro atoms. The molecule has 0 aliphatic heterocycles. The van der Waals surface area contributed by atoms with Crippen LogP contribution in [0.4, 0.5) is 4.79 Å². The Morgan fingerprint density at radius 3 is 2.05 bits per heavy atom. The summed E-state index contributed by atoms with van der Waals surface area (Å²) in [6.07, 6.45) is -0.733. The zero-order valence-electron chi connectivity index (χ0n) is 10.4. The van der Waals surface area contributed by atoms with Gasteiger partial charge in [0.05, 0.1) is 7.11 Å². The molecular weight excluding hydrogens is 240 g/mol. The van der Waals surface area contributed by atoms with E-state index in [0.29, 0.717) is 5.75 Å². The lowest BCUT2D eigenvalue weighted by molar-refractivity contribution is 0.121. The molecule has 0 N–H and O–H groups in total. The van der Waals surface area contributed by atoms with Gasteiger partial charge >= 0.3 is 6.16 Å². The molecule has 0 aliphatic rings. The van der Waals surface area contributed by atoms with Gasteiger partial charge in [-0.2, -0.15) is 0 Å². The van der Waals surface area contributed by atoms with Crippen molar-refractivity contribution in [3.05, 3.63) is 65.7 Å². The molecule has 3 heteroatoms. The first kappa shape index (κ1) is 12.7. The van der Waals surface area contributed by atoms with E-state index in [1.165, 1.54) is 7.11 Å². The third-order valence-electron chi connectivity index (χ3n) is 2.35. The van der Waals surface area contributed by atoms with Crippen LogP contribution in [0.3, 0.4) is 0 Å². The summed E-state index contributed by atoms with van der Waals surface area (Å²) in [7, 11) is 1.27. The Morgan fingerprint density at radius 1 is 0.895 bits per heavy atom. The predicted octanol–water partition coefficient (Wildman–Crippen LogP) is 3.23. The van der Waals surface area contributed by atoms with Crippen molar-refractivity contribution in [1.82, 2.24) is 0 Å². The van der Waals surface area contributed by atoms with Gasteiger partial charge in [0.25, 0.3) is 0 Å². The van der Waals surface area contributed by atoms with E-state index in [2.05, 4.69) is 16.6 Å². The molecule has 94 valence electrons. The molecule has 0 bridgehead atoms. The van der Waals surface area contributed by atoms with Crippen LogP contribution in [-0.4, -0.2) is 13.3 Å². The highest BCUT2D eigenvalue weighted by atomic mass is 16.7. The number of carbonyl (C=O) groups excluding carboxylic acids is 1. The molecule has 19 heavy (non-hydrogen) atoms. The fraction of sp³-hybridized carbons (Fsp3) is 0.0625. The largest absolute Gasteiger partial charge is 0.513 e. The molecule has 2 rings (SSSR count). The van der Waals surface area contributed by atoms with Crippen molar-refractivity contribution in [2.45, 2.75) is 0 Å². The van der Waals surface area contributed by atoms with Gasteiger partial charge in [-0.3, -0.25) is 0 Å². The van der Waals surface area contributed by atoms with Crippen molar-refractivity contribution in [2.75, 3.05) is 7.11 Å². The average molecular weight is 252 g/mol. The number of benzene rings is 2. The minimum absolute atomic E-state index is 0.428. The second kappa shape index (κ2) is 6.27. The quantitative estimate of drug-likeness (QED) is 0.444. The average Bonchev–Trinajstić information content (AvgIpc) is 2.47. The normalized spacial score (nSPS) is 9.11. The van der Waals surface area contributed by atoms with Crippen LogP contribution in [0.15, 0.2) is 54.6 Å². The number of carbonyl (C=O) groups is 1. The molecule has 0 heterocycles. The van der Waals surface area contributed by atoms with Crippen LogP contribution < -0.4 is 4.74 Å². The lowest BCUT2D eigenvalue weighted by atomic mass is 10.2. The molecular formula is C16H12O3. The summed E-state index contributed by atoms with van der Waals surface area (Å²) >= 11 is 0. The molecule has 2 aromatic carbocycles. The highest BCUT2D eigenvalue weighted by Gasteiger charge is 2.02. The summed E-state index contributed by atoms with van der Waals surface area (Å²) < 4.78 is 9.27. The monoisotopic (exact) mass is 252 g/mol. The summed E-state index contributed by atoms with van der Waals surface area (Å²) in [5.74, 6) is 6.51. The third-order valence-corrected chi connectivity index (χ3v) is 2.35. The lowest BCUT2D eigenvalue weighted by Gasteiger charge is -2.01. The SMILES string of the molecule is COC(=O)Oc1ccc(C#Cc2ccccc2)cc1. The highest BCUT2D eigenvalue weighted by molar-refractivity contribution is 5.63. The fourth-order valence-electron chi connectivity index (χ4n) is 1.41. The minimum atomic E-state index is -0.733. The van der Waals surface area contributed by atoms with Crippen LogP contribution >= 0.6 is 0 Å². The van der Waals surface area contributed by atoms with Gasteiger partial charge in [0, 0.05) is 11.1 Å². The van der Waals surface area contributed by atoms with Crippen molar-refractivity contribution in [3.8, 4) is 17.6 Å². The van der Waals surface area contributed by atoms with Gasteiger partial charge in [0.1, 0.15) is 5.75 Å². The smallest absolute Gasteiger partial charge is 0.437 e. The number of hydrogen-bond donors (Lipinski definition) is 0. The number of methoxy groups -OCH3 is 1. The summed E-state index contributed by atoms with van der Waals surface area (Å²) in [5, 5.41) is 0. The van der Waals surface area contributed by atoms with E-state index < -0.39 is 6.16 Å². The van der Waals surface area contributed by atoms with E-state index in [-0.39, 0.29) is 0 Å². The summed E-state index contributed by atoms with van der Waals surface area (Å²) in [6, 6.07) is 16.6. The predicted molar refractivity (Wildman–Crippen MR) is 71.9 cm³/mol. The van der Waals surface area contributed by atoms with Crippen LogP contribution in [-0.2, 0) is 4.74 Å². The molecule has 0 fully saturated rings. The molecule has 2 aromatic rings. The first-order valence-corrected chi connectivity index (χ1v) is 5.71. The Bertz CT molecular complexity index is 604. The standard InChI is InChI=1S/C16H12O3/c1-18-16(17)19-15-11-9-14(10-12-15)8-7-13-5-3-2-4-6-13/h2-6,9-12H,1H3. The molecule has 0 saturated heterocycles. The van der Waals surface area contributed by atoms with Crippen molar-refractivity contribution in [2.24, 2.45) is 0 Å². The first-order valence-electron chi connectivity index (χ1n) is 5.71. The van der Waals surface area contributed by atoms with E-state index in [1.54, 1.807) is 24.3 Å². The highest BCUT2D eigenvalue weighted by Crippen LogP contribution is 2.12. The first-order chi connectivity index (χ1) is 9.28. The number of rotatable bonds is 1. The van der Waals surface area contributed by atoms with Crippen LogP contribution in [0, 0.1) is 11.8 Å². The molecule has 0 atom stereocenters. The Balaban J connectivity index is 2.07. The third kappa shape index (κ3) is 3.90. The summed E-state index contributed by atoms with van der Waals surface area (Å²) in [4.78, 5) is 10.9. The van der Waals surface area contributed by atoms with E-state index in [1.807, 2.05) is 30.3 Å². The zero-order valence-corrected chi connectivity index (χ0v) is 10.4. The molecule has 0 saturated carbocycles. The second-order valence-corrected chi connectivity index (χ2v) is 3.70. The molecule has 0 aliphatic carbocycles. The fourth-order valence-corrected chi connectivity index (χ4v) is 1.41. The van der Waals surface area contributed by atoms with Gasteiger partial charge in [-0.05, 0) is 36.4 Å². The molecule has 0 radical (unpaired) electrons.